The van der Waals surface area contributed by atoms with Gasteiger partial charge in [0.1, 0.15) is 0 Å². The number of rotatable bonds is 8. The lowest BCUT2D eigenvalue weighted by Crippen LogP contribution is -2.26. The number of carbonyl (C=O) groups is 1. The molecule has 0 atom stereocenters. The topological polar surface area (TPSA) is 67.5 Å². The SMILES string of the molecule is CCOc1cc(CN(C)C(=O)c2ccc3nc(C(F)F)[nH]c3c2)ccc1OC(F)F. The monoisotopic (exact) mass is 425 g/mol. The summed E-state index contributed by atoms with van der Waals surface area (Å²) in [6.07, 6.45) is -2.74. The van der Waals surface area contributed by atoms with Crippen molar-refractivity contribution < 1.29 is 31.8 Å². The Kier molecular flexibility index (Phi) is 6.43. The molecule has 1 N–H and O–H groups in total. The lowest BCUT2D eigenvalue weighted by atomic mass is 10.1. The van der Waals surface area contributed by atoms with Crippen molar-refractivity contribution in [2.45, 2.75) is 26.5 Å². The van der Waals surface area contributed by atoms with Gasteiger partial charge in [0, 0.05) is 19.2 Å². The highest BCUT2D eigenvalue weighted by Gasteiger charge is 2.18. The van der Waals surface area contributed by atoms with E-state index in [1.54, 1.807) is 20.0 Å². The van der Waals surface area contributed by atoms with E-state index in [2.05, 4.69) is 14.7 Å². The van der Waals surface area contributed by atoms with E-state index in [9.17, 15) is 22.4 Å². The number of aromatic nitrogens is 2. The minimum absolute atomic E-state index is 0.0934. The molecular formula is C20H19F4N3O3. The molecule has 0 spiro atoms. The van der Waals surface area contributed by atoms with Crippen LogP contribution in [0.15, 0.2) is 36.4 Å². The van der Waals surface area contributed by atoms with Gasteiger partial charge in [-0.1, -0.05) is 6.07 Å². The molecule has 0 fully saturated rings. The van der Waals surface area contributed by atoms with Crippen LogP contribution in [-0.2, 0) is 6.54 Å². The predicted octanol–water partition coefficient (Wildman–Crippen LogP) is 4.77. The summed E-state index contributed by atoms with van der Waals surface area (Å²) in [7, 11) is 1.56. The Bertz CT molecular complexity index is 1040. The average molecular weight is 425 g/mol. The van der Waals surface area contributed by atoms with Crippen molar-refractivity contribution in [2.24, 2.45) is 0 Å². The molecule has 0 bridgehead atoms. The van der Waals surface area contributed by atoms with Crippen LogP contribution in [0.5, 0.6) is 11.5 Å². The number of nitrogens with one attached hydrogen (secondary N) is 1. The van der Waals surface area contributed by atoms with Crippen molar-refractivity contribution in [1.29, 1.82) is 0 Å². The molecule has 10 heteroatoms. The predicted molar refractivity (Wildman–Crippen MR) is 101 cm³/mol. The third-order valence-electron chi connectivity index (χ3n) is 4.24. The van der Waals surface area contributed by atoms with E-state index in [1.165, 1.54) is 35.2 Å². The normalized spacial score (nSPS) is 11.3. The molecule has 3 rings (SSSR count). The zero-order chi connectivity index (χ0) is 21.8. The molecule has 6 nitrogen and oxygen atoms in total. The molecule has 0 aliphatic carbocycles. The molecule has 0 saturated carbocycles. The first-order valence-electron chi connectivity index (χ1n) is 9.02. The molecule has 1 amide bonds. The van der Waals surface area contributed by atoms with Crippen LogP contribution < -0.4 is 9.47 Å². The molecular weight excluding hydrogens is 406 g/mol. The van der Waals surface area contributed by atoms with Crippen LogP contribution in [-0.4, -0.2) is 41.0 Å². The van der Waals surface area contributed by atoms with Gasteiger partial charge in [0.2, 0.25) is 0 Å². The highest BCUT2D eigenvalue weighted by atomic mass is 19.3. The van der Waals surface area contributed by atoms with Gasteiger partial charge in [-0.15, -0.1) is 0 Å². The molecule has 30 heavy (non-hydrogen) atoms. The molecule has 0 saturated heterocycles. The number of hydrogen-bond donors (Lipinski definition) is 1. The first-order chi connectivity index (χ1) is 14.3. The fourth-order valence-corrected chi connectivity index (χ4v) is 2.94. The zero-order valence-electron chi connectivity index (χ0n) is 16.2. The zero-order valence-corrected chi connectivity index (χ0v) is 16.2. The number of aromatic amines is 1. The lowest BCUT2D eigenvalue weighted by molar-refractivity contribution is -0.0514. The summed E-state index contributed by atoms with van der Waals surface area (Å²) in [6.45, 7) is -0.860. The van der Waals surface area contributed by atoms with E-state index >= 15 is 0 Å². The largest absolute Gasteiger partial charge is 0.490 e. The summed E-state index contributed by atoms with van der Waals surface area (Å²) in [4.78, 5) is 20.4. The quantitative estimate of drug-likeness (QED) is 0.528. The van der Waals surface area contributed by atoms with Crippen LogP contribution in [0.1, 0.15) is 35.1 Å². The van der Waals surface area contributed by atoms with E-state index in [1.807, 2.05) is 0 Å². The van der Waals surface area contributed by atoms with Gasteiger partial charge >= 0.3 is 6.61 Å². The van der Waals surface area contributed by atoms with Crippen molar-refractivity contribution in [1.82, 2.24) is 14.9 Å². The summed E-state index contributed by atoms with van der Waals surface area (Å²) >= 11 is 0. The molecule has 0 aliphatic rings. The second-order valence-corrected chi connectivity index (χ2v) is 6.41. The lowest BCUT2D eigenvalue weighted by Gasteiger charge is -2.19. The van der Waals surface area contributed by atoms with Gasteiger partial charge in [-0.05, 0) is 42.8 Å². The number of fused-ring (bicyclic) bond motifs is 1. The van der Waals surface area contributed by atoms with Crippen molar-refractivity contribution in [3.05, 3.63) is 53.3 Å². The maximum Gasteiger partial charge on any atom is 0.387 e. The van der Waals surface area contributed by atoms with Gasteiger partial charge in [-0.2, -0.15) is 8.78 Å². The summed E-state index contributed by atoms with van der Waals surface area (Å²) in [5, 5.41) is 0. The van der Waals surface area contributed by atoms with Gasteiger partial charge in [0.15, 0.2) is 17.3 Å². The van der Waals surface area contributed by atoms with E-state index in [4.69, 9.17) is 4.74 Å². The third kappa shape index (κ3) is 4.81. The van der Waals surface area contributed by atoms with Crippen molar-refractivity contribution in [2.75, 3.05) is 13.7 Å². The second-order valence-electron chi connectivity index (χ2n) is 6.41. The molecule has 0 aliphatic heterocycles. The standard InChI is InChI=1S/C20H19F4N3O3/c1-3-29-16-8-11(4-7-15(16)30-20(23)24)10-27(2)19(28)12-5-6-13-14(9-12)26-18(25-13)17(21)22/h4-9,17,20H,3,10H2,1-2H3,(H,25,26). The van der Waals surface area contributed by atoms with E-state index in [0.717, 1.165) is 0 Å². The summed E-state index contributed by atoms with van der Waals surface area (Å²) < 4.78 is 60.4. The molecule has 1 heterocycles. The number of H-pyrrole nitrogens is 1. The fraction of sp³-hybridized carbons (Fsp3) is 0.300. The molecule has 1 aromatic heterocycles. The van der Waals surface area contributed by atoms with E-state index in [-0.39, 0.29) is 36.1 Å². The summed E-state index contributed by atoms with van der Waals surface area (Å²) in [6, 6.07) is 8.88. The number of carbonyl (C=O) groups excluding carboxylic acids is 1. The molecule has 0 radical (unpaired) electrons. The van der Waals surface area contributed by atoms with Crippen molar-refractivity contribution >= 4 is 16.9 Å². The molecule has 160 valence electrons. The first-order valence-corrected chi connectivity index (χ1v) is 9.02. The van der Waals surface area contributed by atoms with Crippen LogP contribution in [0.3, 0.4) is 0 Å². The maximum atomic E-state index is 12.8. The Balaban J connectivity index is 1.78. The number of hydrogen-bond acceptors (Lipinski definition) is 4. The van der Waals surface area contributed by atoms with Gasteiger partial charge in [0.25, 0.3) is 12.3 Å². The fourth-order valence-electron chi connectivity index (χ4n) is 2.94. The number of imidazole rings is 1. The van der Waals surface area contributed by atoms with Crippen molar-refractivity contribution in [3.8, 4) is 11.5 Å². The van der Waals surface area contributed by atoms with Gasteiger partial charge in [-0.3, -0.25) is 4.79 Å². The van der Waals surface area contributed by atoms with Crippen molar-refractivity contribution in [3.63, 3.8) is 0 Å². The smallest absolute Gasteiger partial charge is 0.387 e. The van der Waals surface area contributed by atoms with Crippen LogP contribution in [0, 0.1) is 0 Å². The van der Waals surface area contributed by atoms with Gasteiger partial charge in [0.05, 0.1) is 17.6 Å². The highest BCUT2D eigenvalue weighted by Crippen LogP contribution is 2.30. The van der Waals surface area contributed by atoms with Crippen LogP contribution in [0.2, 0.25) is 0 Å². The average Bonchev–Trinajstić information content (AvgIpc) is 3.13. The Morgan fingerprint density at radius 2 is 1.90 bits per heavy atom. The maximum absolute atomic E-state index is 12.8. The van der Waals surface area contributed by atoms with E-state index < -0.39 is 18.9 Å². The Hall–Kier alpha value is -3.30. The summed E-state index contributed by atoms with van der Waals surface area (Å²) in [5.74, 6) is -0.757. The summed E-state index contributed by atoms with van der Waals surface area (Å²) in [5.41, 5.74) is 1.59. The number of ether oxygens (including phenoxy) is 2. The second kappa shape index (κ2) is 9.02. The number of halogens is 4. The van der Waals surface area contributed by atoms with Gasteiger partial charge in [-0.25, -0.2) is 13.8 Å². The highest BCUT2D eigenvalue weighted by molar-refractivity contribution is 5.97. The molecule has 2 aromatic carbocycles. The van der Waals surface area contributed by atoms with Crippen LogP contribution in [0.25, 0.3) is 11.0 Å². The number of nitrogens with zero attached hydrogens (tertiary/aromatic N) is 2. The minimum atomic E-state index is -2.98. The Morgan fingerprint density at radius 3 is 2.57 bits per heavy atom. The van der Waals surface area contributed by atoms with Crippen LogP contribution in [0.4, 0.5) is 17.6 Å². The van der Waals surface area contributed by atoms with Gasteiger partial charge < -0.3 is 19.4 Å². The van der Waals surface area contributed by atoms with E-state index in [0.29, 0.717) is 16.6 Å². The number of benzene rings is 2. The third-order valence-corrected chi connectivity index (χ3v) is 4.24. The Morgan fingerprint density at radius 1 is 1.13 bits per heavy atom. The molecule has 3 aromatic rings. The Labute approximate surface area is 169 Å². The first kappa shape index (κ1) is 21.4. The number of amides is 1. The molecule has 0 unspecified atom stereocenters. The minimum Gasteiger partial charge on any atom is -0.490 e. The number of alkyl halides is 4. The van der Waals surface area contributed by atoms with Crippen LogP contribution >= 0.6 is 0 Å².